The van der Waals surface area contributed by atoms with Gasteiger partial charge in [-0.05, 0) is 25.2 Å². The Labute approximate surface area is 87.7 Å². The van der Waals surface area contributed by atoms with E-state index in [9.17, 15) is 14.4 Å². The quantitative estimate of drug-likeness (QED) is 0.657. The zero-order valence-electron chi connectivity index (χ0n) is 8.44. The topological polar surface area (TPSA) is 71.4 Å². The Morgan fingerprint density at radius 1 is 1.13 bits per heavy atom. The van der Waals surface area contributed by atoms with Crippen molar-refractivity contribution in [1.29, 1.82) is 0 Å². The maximum absolute atomic E-state index is 11.6. The van der Waals surface area contributed by atoms with Gasteiger partial charge in [0.25, 0.3) is 5.78 Å². The van der Waals surface area contributed by atoms with Crippen molar-refractivity contribution in [1.82, 2.24) is 0 Å². The van der Waals surface area contributed by atoms with E-state index in [1.165, 1.54) is 0 Å². The molecule has 0 aromatic rings. The van der Waals surface area contributed by atoms with Crippen LogP contribution in [0.5, 0.6) is 0 Å². The monoisotopic (exact) mass is 210 g/mol. The maximum Gasteiger partial charge on any atom is 0.264 e. The summed E-state index contributed by atoms with van der Waals surface area (Å²) in [4.78, 5) is 34.3. The summed E-state index contributed by atoms with van der Waals surface area (Å²) in [5.74, 6) is -2.59. The molecule has 1 N–H and O–H groups in total. The van der Waals surface area contributed by atoms with Crippen LogP contribution in [0.2, 0.25) is 0 Å². The van der Waals surface area contributed by atoms with Gasteiger partial charge in [0.05, 0.1) is 0 Å². The molecule has 15 heavy (non-hydrogen) atoms. The second kappa shape index (κ2) is 3.85. The van der Waals surface area contributed by atoms with Crippen LogP contribution >= 0.6 is 0 Å². The average molecular weight is 210 g/mol. The lowest BCUT2D eigenvalue weighted by Gasteiger charge is -2.30. The molecule has 2 saturated carbocycles. The van der Waals surface area contributed by atoms with E-state index in [-0.39, 0.29) is 18.4 Å². The van der Waals surface area contributed by atoms with Gasteiger partial charge < -0.3 is 5.11 Å². The normalized spacial score (nSPS) is 35.8. The Kier molecular flexibility index (Phi) is 2.69. The fourth-order valence-electron chi connectivity index (χ4n) is 2.91. The van der Waals surface area contributed by atoms with E-state index in [0.717, 1.165) is 12.8 Å². The van der Waals surface area contributed by atoms with Gasteiger partial charge in [-0.25, -0.2) is 0 Å². The van der Waals surface area contributed by atoms with E-state index < -0.39 is 23.3 Å². The average Bonchev–Trinajstić information content (AvgIpc) is 2.46. The highest BCUT2D eigenvalue weighted by atomic mass is 16.3. The lowest BCUT2D eigenvalue weighted by molar-refractivity contribution is -0.141. The Morgan fingerprint density at radius 3 is 2.53 bits per heavy atom. The zero-order valence-corrected chi connectivity index (χ0v) is 8.44. The molecule has 4 nitrogen and oxygen atoms in total. The number of Topliss-reactive ketones (excluding diaryl/α,β-unsaturated/α-hetero) is 3. The molecule has 3 unspecified atom stereocenters. The Morgan fingerprint density at radius 2 is 1.87 bits per heavy atom. The molecule has 0 heterocycles. The van der Waals surface area contributed by atoms with Crippen LogP contribution in [0.1, 0.15) is 25.7 Å². The molecule has 0 radical (unpaired) electrons. The van der Waals surface area contributed by atoms with Gasteiger partial charge in [0, 0.05) is 18.4 Å². The highest BCUT2D eigenvalue weighted by Crippen LogP contribution is 2.41. The number of carbonyl (C=O) groups is 3. The van der Waals surface area contributed by atoms with Gasteiger partial charge >= 0.3 is 0 Å². The van der Waals surface area contributed by atoms with Crippen LogP contribution in [-0.4, -0.2) is 29.1 Å². The number of hydrogen-bond donors (Lipinski definition) is 1. The summed E-state index contributed by atoms with van der Waals surface area (Å²) in [5.41, 5.74) is 0. The van der Waals surface area contributed by atoms with Crippen LogP contribution in [0.25, 0.3) is 0 Å². The molecule has 0 saturated heterocycles. The van der Waals surface area contributed by atoms with Gasteiger partial charge in [0.15, 0.2) is 0 Å². The lowest BCUT2D eigenvalue weighted by atomic mass is 9.72. The third kappa shape index (κ3) is 1.53. The molecule has 0 amide bonds. The fraction of sp³-hybridized carbons (Fsp3) is 0.727. The highest BCUT2D eigenvalue weighted by Gasteiger charge is 2.52. The zero-order chi connectivity index (χ0) is 11.0. The van der Waals surface area contributed by atoms with Gasteiger partial charge in [-0.3, -0.25) is 14.4 Å². The molecular weight excluding hydrogens is 196 g/mol. The first-order chi connectivity index (χ1) is 7.16. The van der Waals surface area contributed by atoms with Gasteiger partial charge in [0.2, 0.25) is 11.6 Å². The van der Waals surface area contributed by atoms with Crippen LogP contribution in [-0.2, 0) is 14.4 Å². The number of fused-ring (bicyclic) bond motifs is 1. The number of carbonyl (C=O) groups excluding carboxylic acids is 3. The minimum absolute atomic E-state index is 0.0174. The van der Waals surface area contributed by atoms with Crippen molar-refractivity contribution in [2.75, 3.05) is 6.61 Å². The molecule has 0 aromatic heterocycles. The highest BCUT2D eigenvalue weighted by molar-refractivity contribution is 6.68. The summed E-state index contributed by atoms with van der Waals surface area (Å²) in [5, 5.41) is 8.88. The van der Waals surface area contributed by atoms with Crippen LogP contribution in [0.4, 0.5) is 0 Å². The molecule has 0 spiro atoms. The predicted octanol–water partition coefficient (Wildman–Crippen LogP) is 0.122. The molecule has 0 bridgehead atoms. The molecule has 4 heteroatoms. The third-order valence-corrected chi connectivity index (χ3v) is 3.62. The van der Waals surface area contributed by atoms with E-state index in [1.807, 2.05) is 0 Å². The predicted molar refractivity (Wildman–Crippen MR) is 51.0 cm³/mol. The van der Waals surface area contributed by atoms with E-state index in [4.69, 9.17) is 5.11 Å². The third-order valence-electron chi connectivity index (χ3n) is 3.62. The summed E-state index contributed by atoms with van der Waals surface area (Å²) < 4.78 is 0. The standard InChI is InChI=1S/C11H14O4/c12-5-4-6-2-1-3-7-8(6)10(14)11(15)9(7)13/h6-8,12H,1-5H2. The van der Waals surface area contributed by atoms with Gasteiger partial charge in [-0.15, -0.1) is 0 Å². The van der Waals surface area contributed by atoms with Crippen LogP contribution in [0.15, 0.2) is 0 Å². The molecule has 2 aliphatic rings. The first-order valence-corrected chi connectivity index (χ1v) is 5.40. The van der Waals surface area contributed by atoms with Gasteiger partial charge in [0.1, 0.15) is 0 Å². The summed E-state index contributed by atoms with van der Waals surface area (Å²) in [6.45, 7) is 0.0174. The first-order valence-electron chi connectivity index (χ1n) is 5.40. The minimum atomic E-state index is -0.810. The number of aliphatic hydroxyl groups excluding tert-OH is 1. The van der Waals surface area contributed by atoms with Crippen molar-refractivity contribution in [2.24, 2.45) is 17.8 Å². The SMILES string of the molecule is O=C1C(=O)C2CCCC(CCO)C2C1=O. The van der Waals surface area contributed by atoms with Crippen molar-refractivity contribution < 1.29 is 19.5 Å². The van der Waals surface area contributed by atoms with E-state index >= 15 is 0 Å². The molecule has 2 rings (SSSR count). The molecule has 3 atom stereocenters. The lowest BCUT2D eigenvalue weighted by Crippen LogP contribution is -2.31. The molecule has 82 valence electrons. The van der Waals surface area contributed by atoms with Crippen molar-refractivity contribution in [3.63, 3.8) is 0 Å². The van der Waals surface area contributed by atoms with Crippen molar-refractivity contribution in [3.05, 3.63) is 0 Å². The summed E-state index contributed by atoms with van der Waals surface area (Å²) in [7, 11) is 0. The molecule has 2 aliphatic carbocycles. The van der Waals surface area contributed by atoms with Crippen molar-refractivity contribution in [3.8, 4) is 0 Å². The Bertz CT molecular complexity index is 319. The summed E-state index contributed by atoms with van der Waals surface area (Å²) >= 11 is 0. The minimum Gasteiger partial charge on any atom is -0.396 e. The molecule has 0 aromatic carbocycles. The van der Waals surface area contributed by atoms with Gasteiger partial charge in [-0.2, -0.15) is 0 Å². The molecular formula is C11H14O4. The van der Waals surface area contributed by atoms with Crippen LogP contribution in [0, 0.1) is 17.8 Å². The second-order valence-corrected chi connectivity index (χ2v) is 4.39. The second-order valence-electron chi connectivity index (χ2n) is 4.39. The van der Waals surface area contributed by atoms with Crippen molar-refractivity contribution >= 4 is 17.3 Å². The smallest absolute Gasteiger partial charge is 0.264 e. The number of hydrogen-bond acceptors (Lipinski definition) is 4. The molecule has 2 fully saturated rings. The maximum atomic E-state index is 11.6. The van der Waals surface area contributed by atoms with Crippen molar-refractivity contribution in [2.45, 2.75) is 25.7 Å². The number of ketones is 3. The number of aliphatic hydroxyl groups is 1. The summed E-state index contributed by atoms with van der Waals surface area (Å²) in [6.07, 6.45) is 2.89. The fourth-order valence-corrected chi connectivity index (χ4v) is 2.91. The van der Waals surface area contributed by atoms with Gasteiger partial charge in [-0.1, -0.05) is 6.42 Å². The van der Waals surface area contributed by atoms with E-state index in [1.54, 1.807) is 0 Å². The number of rotatable bonds is 2. The first kappa shape index (κ1) is 10.5. The Hall–Kier alpha value is -1.03. The largest absolute Gasteiger partial charge is 0.396 e. The van der Waals surface area contributed by atoms with Crippen LogP contribution < -0.4 is 0 Å². The van der Waals surface area contributed by atoms with Crippen LogP contribution in [0.3, 0.4) is 0 Å². The van der Waals surface area contributed by atoms with E-state index in [2.05, 4.69) is 0 Å². The summed E-state index contributed by atoms with van der Waals surface area (Å²) in [6, 6.07) is 0. The Balaban J connectivity index is 2.24. The molecule has 0 aliphatic heterocycles. The van der Waals surface area contributed by atoms with E-state index in [0.29, 0.717) is 12.8 Å².